The summed E-state index contributed by atoms with van der Waals surface area (Å²) in [5.41, 5.74) is 4.41. The van der Waals surface area contributed by atoms with Crippen LogP contribution in [-0.4, -0.2) is 47.6 Å². The van der Waals surface area contributed by atoms with Crippen LogP contribution in [0.15, 0.2) is 42.5 Å². The van der Waals surface area contributed by atoms with Crippen LogP contribution in [0.4, 0.5) is 0 Å². The fourth-order valence-corrected chi connectivity index (χ4v) is 2.95. The zero-order valence-corrected chi connectivity index (χ0v) is 15.3. The zero-order chi connectivity index (χ0) is 19.0. The van der Waals surface area contributed by atoms with Gasteiger partial charge in [-0.1, -0.05) is 30.3 Å². The van der Waals surface area contributed by atoms with Gasteiger partial charge in [-0.25, -0.2) is 9.50 Å². The summed E-state index contributed by atoms with van der Waals surface area (Å²) in [6.07, 6.45) is 0. The van der Waals surface area contributed by atoms with Crippen molar-refractivity contribution in [2.45, 2.75) is 20.4 Å². The Morgan fingerprint density at radius 2 is 1.93 bits per heavy atom. The number of nitrogens with zero attached hydrogens (tertiary/aromatic N) is 6. The second-order valence-electron chi connectivity index (χ2n) is 6.49. The number of carbonyl (C=O) groups excluding carboxylic acids is 1. The van der Waals surface area contributed by atoms with Crippen molar-refractivity contribution in [3.05, 3.63) is 65.4 Å². The van der Waals surface area contributed by atoms with Gasteiger partial charge >= 0.3 is 0 Å². The smallest absolute Gasteiger partial charge is 0.293 e. The van der Waals surface area contributed by atoms with Crippen LogP contribution >= 0.6 is 0 Å². The molecule has 0 bridgehead atoms. The lowest BCUT2D eigenvalue weighted by molar-refractivity contribution is 0.0771. The lowest BCUT2D eigenvalue weighted by atomic mass is 10.1. The van der Waals surface area contributed by atoms with E-state index in [0.29, 0.717) is 12.3 Å². The molecule has 1 N–H and O–H groups in total. The first-order valence-corrected chi connectivity index (χ1v) is 8.57. The first-order chi connectivity index (χ1) is 13.0. The summed E-state index contributed by atoms with van der Waals surface area (Å²) in [5, 5.41) is 11.6. The molecule has 0 unspecified atom stereocenters. The normalized spacial score (nSPS) is 11.1. The quantitative estimate of drug-likeness (QED) is 0.603. The molecule has 0 aliphatic heterocycles. The number of benzene rings is 1. The zero-order valence-electron chi connectivity index (χ0n) is 15.3. The van der Waals surface area contributed by atoms with E-state index < -0.39 is 0 Å². The van der Waals surface area contributed by atoms with Crippen LogP contribution in [0, 0.1) is 13.8 Å². The highest BCUT2D eigenvalue weighted by Crippen LogP contribution is 2.17. The number of H-pyrrole nitrogens is 1. The third-order valence-corrected chi connectivity index (χ3v) is 4.26. The molecular formula is C19H19N7O. The molecule has 0 spiro atoms. The Labute approximate surface area is 155 Å². The Balaban J connectivity index is 1.53. The molecule has 27 heavy (non-hydrogen) atoms. The molecule has 1 aromatic carbocycles. The highest BCUT2D eigenvalue weighted by Gasteiger charge is 2.19. The van der Waals surface area contributed by atoms with Crippen LogP contribution in [0.25, 0.3) is 17.0 Å². The van der Waals surface area contributed by atoms with E-state index in [1.807, 2.05) is 56.3 Å². The number of aromatic nitrogens is 6. The molecule has 0 fully saturated rings. The van der Waals surface area contributed by atoms with E-state index in [9.17, 15) is 4.79 Å². The number of rotatable bonds is 4. The van der Waals surface area contributed by atoms with E-state index in [-0.39, 0.29) is 11.7 Å². The first-order valence-electron chi connectivity index (χ1n) is 8.57. The van der Waals surface area contributed by atoms with Crippen LogP contribution < -0.4 is 0 Å². The summed E-state index contributed by atoms with van der Waals surface area (Å²) in [4.78, 5) is 22.9. The Bertz CT molecular complexity index is 1110. The van der Waals surface area contributed by atoms with Gasteiger partial charge in [0.2, 0.25) is 5.82 Å². The molecule has 4 aromatic rings. The van der Waals surface area contributed by atoms with Crippen LogP contribution in [0.5, 0.6) is 0 Å². The highest BCUT2D eigenvalue weighted by atomic mass is 16.2. The predicted octanol–water partition coefficient (Wildman–Crippen LogP) is 2.40. The second kappa shape index (κ2) is 6.64. The fraction of sp³-hybridized carbons (Fsp3) is 0.211. The molecule has 136 valence electrons. The van der Waals surface area contributed by atoms with E-state index in [0.717, 1.165) is 28.3 Å². The van der Waals surface area contributed by atoms with Crippen LogP contribution in [0.1, 0.15) is 27.7 Å². The minimum atomic E-state index is -0.270. The number of aromatic amines is 1. The topological polar surface area (TPSA) is 92.1 Å². The van der Waals surface area contributed by atoms with Crippen molar-refractivity contribution in [2.75, 3.05) is 7.05 Å². The average Bonchev–Trinajstić information content (AvgIpc) is 3.29. The molecule has 4 rings (SSSR count). The van der Waals surface area contributed by atoms with E-state index in [1.54, 1.807) is 16.5 Å². The molecule has 0 saturated carbocycles. The largest absolute Gasteiger partial charge is 0.333 e. The maximum Gasteiger partial charge on any atom is 0.293 e. The molecule has 0 atom stereocenters. The minimum Gasteiger partial charge on any atom is -0.333 e. The van der Waals surface area contributed by atoms with Crippen LogP contribution in [0.2, 0.25) is 0 Å². The van der Waals surface area contributed by atoms with Gasteiger partial charge in [0.1, 0.15) is 0 Å². The molecule has 0 radical (unpaired) electrons. The lowest BCUT2D eigenvalue weighted by Gasteiger charge is -2.13. The summed E-state index contributed by atoms with van der Waals surface area (Å²) >= 11 is 0. The highest BCUT2D eigenvalue weighted by molar-refractivity contribution is 5.90. The van der Waals surface area contributed by atoms with E-state index >= 15 is 0 Å². The molecule has 0 aliphatic carbocycles. The van der Waals surface area contributed by atoms with Crippen molar-refractivity contribution < 1.29 is 4.79 Å². The first kappa shape index (κ1) is 16.9. The molecule has 0 saturated heterocycles. The molecule has 3 heterocycles. The molecule has 8 nitrogen and oxygen atoms in total. The van der Waals surface area contributed by atoms with Gasteiger partial charge in [-0.3, -0.25) is 9.89 Å². The SMILES string of the molecule is Cc1cc(C)n2nc(C(=O)N(C)Cc3cc(-c4ccccc4)n[nH]3)nc2n1. The number of amides is 1. The number of nitrogens with one attached hydrogen (secondary N) is 1. The van der Waals surface area contributed by atoms with Crippen molar-refractivity contribution in [2.24, 2.45) is 0 Å². The maximum atomic E-state index is 12.7. The molecule has 8 heteroatoms. The van der Waals surface area contributed by atoms with Gasteiger partial charge in [0.25, 0.3) is 11.7 Å². The van der Waals surface area contributed by atoms with Gasteiger partial charge in [-0.05, 0) is 26.0 Å². The van der Waals surface area contributed by atoms with Crippen LogP contribution in [0.3, 0.4) is 0 Å². The number of aryl methyl sites for hydroxylation is 2. The maximum absolute atomic E-state index is 12.7. The van der Waals surface area contributed by atoms with Gasteiger partial charge in [0.05, 0.1) is 17.9 Å². The van der Waals surface area contributed by atoms with Crippen molar-refractivity contribution in [1.29, 1.82) is 0 Å². The third-order valence-electron chi connectivity index (χ3n) is 4.26. The molecule has 1 amide bonds. The van der Waals surface area contributed by atoms with Crippen LogP contribution in [-0.2, 0) is 6.54 Å². The van der Waals surface area contributed by atoms with E-state index in [1.165, 1.54) is 0 Å². The summed E-state index contributed by atoms with van der Waals surface area (Å²) in [6.45, 7) is 4.17. The average molecular weight is 361 g/mol. The third kappa shape index (κ3) is 3.29. The van der Waals surface area contributed by atoms with Crippen molar-refractivity contribution >= 4 is 11.7 Å². The molecular weight excluding hydrogens is 342 g/mol. The Morgan fingerprint density at radius 1 is 1.15 bits per heavy atom. The number of fused-ring (bicyclic) bond motifs is 1. The lowest BCUT2D eigenvalue weighted by Crippen LogP contribution is -2.27. The number of hydrogen-bond donors (Lipinski definition) is 1. The van der Waals surface area contributed by atoms with Gasteiger partial charge < -0.3 is 4.90 Å². The van der Waals surface area contributed by atoms with E-state index in [2.05, 4.69) is 25.3 Å². The summed E-state index contributed by atoms with van der Waals surface area (Å²) in [7, 11) is 1.71. The van der Waals surface area contributed by atoms with E-state index in [4.69, 9.17) is 0 Å². The second-order valence-corrected chi connectivity index (χ2v) is 6.49. The van der Waals surface area contributed by atoms with Gasteiger partial charge in [0.15, 0.2) is 0 Å². The fourth-order valence-electron chi connectivity index (χ4n) is 2.95. The van der Waals surface area contributed by atoms with Gasteiger partial charge in [0, 0.05) is 24.0 Å². The predicted molar refractivity (Wildman–Crippen MR) is 100 cm³/mol. The summed E-state index contributed by atoms with van der Waals surface area (Å²) in [6, 6.07) is 13.7. The summed E-state index contributed by atoms with van der Waals surface area (Å²) < 4.78 is 1.58. The molecule has 3 aromatic heterocycles. The summed E-state index contributed by atoms with van der Waals surface area (Å²) in [5.74, 6) is 0.284. The Morgan fingerprint density at radius 3 is 2.70 bits per heavy atom. The Hall–Kier alpha value is -3.55. The monoisotopic (exact) mass is 361 g/mol. The van der Waals surface area contributed by atoms with Gasteiger partial charge in [-0.15, -0.1) is 5.10 Å². The van der Waals surface area contributed by atoms with Gasteiger partial charge in [-0.2, -0.15) is 10.1 Å². The van der Waals surface area contributed by atoms with Crippen molar-refractivity contribution in [3.63, 3.8) is 0 Å². The Kier molecular flexibility index (Phi) is 4.15. The minimum absolute atomic E-state index is 0.126. The molecule has 0 aliphatic rings. The van der Waals surface area contributed by atoms with Crippen molar-refractivity contribution in [3.8, 4) is 11.3 Å². The van der Waals surface area contributed by atoms with Crippen molar-refractivity contribution in [1.82, 2.24) is 34.7 Å². The standard InChI is InChI=1S/C19H19N7O/c1-12-9-13(2)26-19(20-12)21-17(24-26)18(27)25(3)11-15-10-16(23-22-15)14-7-5-4-6-8-14/h4-10H,11H2,1-3H3,(H,22,23). The number of hydrogen-bond acceptors (Lipinski definition) is 5. The number of carbonyl (C=O) groups is 1.